The fraction of sp³-hybridized carbons (Fsp3) is 0.889. The minimum absolute atomic E-state index is 0.165. The van der Waals surface area contributed by atoms with Crippen molar-refractivity contribution in [3.8, 4) is 0 Å². The van der Waals surface area contributed by atoms with Crippen LogP contribution in [0.25, 0.3) is 0 Å². The van der Waals surface area contributed by atoms with Crippen molar-refractivity contribution in [2.24, 2.45) is 11.1 Å². The second-order valence-corrected chi connectivity index (χ2v) is 4.26. The molecular formula is C9H18N2O. The van der Waals surface area contributed by atoms with Crippen molar-refractivity contribution in [2.75, 3.05) is 20.1 Å². The molecule has 0 spiro atoms. The van der Waals surface area contributed by atoms with Crippen LogP contribution in [0.15, 0.2) is 0 Å². The monoisotopic (exact) mass is 170 g/mol. The normalized spacial score (nSPS) is 23.8. The largest absolute Gasteiger partial charge is 0.370 e. The van der Waals surface area contributed by atoms with E-state index < -0.39 is 0 Å². The van der Waals surface area contributed by atoms with Gasteiger partial charge in [0.25, 0.3) is 0 Å². The number of carbonyl (C=O) groups excluding carboxylic acids is 1. The van der Waals surface area contributed by atoms with Crippen molar-refractivity contribution >= 4 is 5.91 Å². The molecule has 2 N–H and O–H groups in total. The standard InChI is InChI=1S/C9H18N2O/c1-9(7-8(10)12)3-5-11(2)6-4-9/h3-7H2,1-2H3,(H2,10,12). The molecule has 0 unspecified atom stereocenters. The van der Waals surface area contributed by atoms with E-state index in [1.54, 1.807) is 0 Å². The van der Waals surface area contributed by atoms with Crippen LogP contribution >= 0.6 is 0 Å². The van der Waals surface area contributed by atoms with Crippen molar-refractivity contribution < 1.29 is 4.79 Å². The number of rotatable bonds is 2. The molecule has 0 aromatic carbocycles. The van der Waals surface area contributed by atoms with Crippen molar-refractivity contribution in [3.63, 3.8) is 0 Å². The van der Waals surface area contributed by atoms with Gasteiger partial charge in [-0.25, -0.2) is 0 Å². The molecule has 1 rings (SSSR count). The molecular weight excluding hydrogens is 152 g/mol. The van der Waals surface area contributed by atoms with Crippen LogP contribution in [0.5, 0.6) is 0 Å². The van der Waals surface area contributed by atoms with Crippen LogP contribution in [-0.4, -0.2) is 30.9 Å². The van der Waals surface area contributed by atoms with E-state index in [-0.39, 0.29) is 11.3 Å². The van der Waals surface area contributed by atoms with Crippen LogP contribution in [0.3, 0.4) is 0 Å². The molecule has 1 aliphatic rings. The molecule has 3 heteroatoms. The highest BCUT2D eigenvalue weighted by Gasteiger charge is 2.30. The van der Waals surface area contributed by atoms with Crippen LogP contribution in [0.1, 0.15) is 26.2 Å². The molecule has 0 aromatic heterocycles. The van der Waals surface area contributed by atoms with E-state index in [9.17, 15) is 4.79 Å². The van der Waals surface area contributed by atoms with E-state index in [4.69, 9.17) is 5.73 Å². The van der Waals surface area contributed by atoms with Crippen molar-refractivity contribution in [1.82, 2.24) is 4.90 Å². The highest BCUT2D eigenvalue weighted by atomic mass is 16.1. The first-order valence-electron chi connectivity index (χ1n) is 4.49. The summed E-state index contributed by atoms with van der Waals surface area (Å²) in [5.74, 6) is -0.165. The van der Waals surface area contributed by atoms with E-state index in [1.807, 2.05) is 0 Å². The van der Waals surface area contributed by atoms with Crippen LogP contribution in [0.4, 0.5) is 0 Å². The van der Waals surface area contributed by atoms with Crippen LogP contribution < -0.4 is 5.73 Å². The summed E-state index contributed by atoms with van der Waals surface area (Å²) in [5.41, 5.74) is 5.36. The van der Waals surface area contributed by atoms with Gasteiger partial charge in [0.05, 0.1) is 0 Å². The van der Waals surface area contributed by atoms with E-state index >= 15 is 0 Å². The number of piperidine rings is 1. The Bertz CT molecular complexity index is 171. The third kappa shape index (κ3) is 2.48. The molecule has 0 atom stereocenters. The summed E-state index contributed by atoms with van der Waals surface area (Å²) >= 11 is 0. The van der Waals surface area contributed by atoms with Gasteiger partial charge in [-0.2, -0.15) is 0 Å². The lowest BCUT2D eigenvalue weighted by Gasteiger charge is -2.37. The number of nitrogens with zero attached hydrogens (tertiary/aromatic N) is 1. The number of hydrogen-bond acceptors (Lipinski definition) is 2. The summed E-state index contributed by atoms with van der Waals surface area (Å²) in [6.45, 7) is 4.33. The Kier molecular flexibility index (Phi) is 2.73. The zero-order chi connectivity index (χ0) is 9.19. The van der Waals surface area contributed by atoms with Crippen LogP contribution in [0, 0.1) is 5.41 Å². The number of amides is 1. The van der Waals surface area contributed by atoms with Crippen molar-refractivity contribution in [2.45, 2.75) is 26.2 Å². The van der Waals surface area contributed by atoms with Crippen LogP contribution in [-0.2, 0) is 4.79 Å². The highest BCUT2D eigenvalue weighted by molar-refractivity contribution is 5.74. The molecule has 1 heterocycles. The lowest BCUT2D eigenvalue weighted by Crippen LogP contribution is -2.38. The second kappa shape index (κ2) is 3.44. The number of nitrogens with two attached hydrogens (primary N) is 1. The molecule has 0 saturated carbocycles. The SMILES string of the molecule is CN1CCC(C)(CC(N)=O)CC1. The molecule has 0 aromatic rings. The number of likely N-dealkylation sites (tertiary alicyclic amines) is 1. The molecule has 1 fully saturated rings. The summed E-state index contributed by atoms with van der Waals surface area (Å²) in [7, 11) is 2.11. The zero-order valence-electron chi connectivity index (χ0n) is 7.97. The van der Waals surface area contributed by atoms with Gasteiger partial charge >= 0.3 is 0 Å². The summed E-state index contributed by atoms with van der Waals surface area (Å²) in [6, 6.07) is 0. The average Bonchev–Trinajstić information content (AvgIpc) is 1.94. The second-order valence-electron chi connectivity index (χ2n) is 4.26. The van der Waals surface area contributed by atoms with Gasteiger partial charge < -0.3 is 10.6 Å². The Morgan fingerprint density at radius 2 is 2.00 bits per heavy atom. The van der Waals surface area contributed by atoms with Crippen molar-refractivity contribution in [1.29, 1.82) is 0 Å². The van der Waals surface area contributed by atoms with Gasteiger partial charge in [-0.3, -0.25) is 4.79 Å². The van der Waals surface area contributed by atoms with Gasteiger partial charge in [0, 0.05) is 6.42 Å². The van der Waals surface area contributed by atoms with E-state index in [2.05, 4.69) is 18.9 Å². The fourth-order valence-corrected chi connectivity index (χ4v) is 1.76. The minimum Gasteiger partial charge on any atom is -0.370 e. The molecule has 12 heavy (non-hydrogen) atoms. The molecule has 70 valence electrons. The first kappa shape index (κ1) is 9.52. The zero-order valence-corrected chi connectivity index (χ0v) is 7.97. The summed E-state index contributed by atoms with van der Waals surface area (Å²) in [6.07, 6.45) is 2.72. The lowest BCUT2D eigenvalue weighted by atomic mass is 9.77. The lowest BCUT2D eigenvalue weighted by molar-refractivity contribution is -0.120. The summed E-state index contributed by atoms with van der Waals surface area (Å²) in [4.78, 5) is 13.1. The number of hydrogen-bond donors (Lipinski definition) is 1. The van der Waals surface area contributed by atoms with Gasteiger partial charge in [-0.1, -0.05) is 6.92 Å². The maximum absolute atomic E-state index is 10.8. The van der Waals surface area contributed by atoms with Crippen molar-refractivity contribution in [3.05, 3.63) is 0 Å². The average molecular weight is 170 g/mol. The third-order valence-electron chi connectivity index (χ3n) is 2.80. The molecule has 0 aliphatic carbocycles. The third-order valence-corrected chi connectivity index (χ3v) is 2.80. The van der Waals surface area contributed by atoms with Gasteiger partial charge in [0.15, 0.2) is 0 Å². The van der Waals surface area contributed by atoms with E-state index in [1.165, 1.54) is 0 Å². The maximum Gasteiger partial charge on any atom is 0.217 e. The van der Waals surface area contributed by atoms with Gasteiger partial charge in [-0.15, -0.1) is 0 Å². The predicted octanol–water partition coefficient (Wildman–Crippen LogP) is 0.594. The predicted molar refractivity (Wildman–Crippen MR) is 48.6 cm³/mol. The van der Waals surface area contributed by atoms with Gasteiger partial charge in [0.2, 0.25) is 5.91 Å². The first-order valence-corrected chi connectivity index (χ1v) is 4.49. The summed E-state index contributed by atoms with van der Waals surface area (Å²) in [5, 5.41) is 0. The Labute approximate surface area is 73.9 Å². The van der Waals surface area contributed by atoms with Gasteiger partial charge in [-0.05, 0) is 38.4 Å². The number of primary amides is 1. The number of carbonyl (C=O) groups is 1. The smallest absolute Gasteiger partial charge is 0.217 e. The molecule has 1 saturated heterocycles. The Morgan fingerprint density at radius 3 is 2.42 bits per heavy atom. The molecule has 0 bridgehead atoms. The Morgan fingerprint density at radius 1 is 1.50 bits per heavy atom. The summed E-state index contributed by atoms with van der Waals surface area (Å²) < 4.78 is 0. The topological polar surface area (TPSA) is 46.3 Å². The van der Waals surface area contributed by atoms with Crippen LogP contribution in [0.2, 0.25) is 0 Å². The Balaban J connectivity index is 2.44. The molecule has 0 radical (unpaired) electrons. The maximum atomic E-state index is 10.8. The van der Waals surface area contributed by atoms with E-state index in [0.29, 0.717) is 6.42 Å². The van der Waals surface area contributed by atoms with E-state index in [0.717, 1.165) is 25.9 Å². The molecule has 1 aliphatic heterocycles. The van der Waals surface area contributed by atoms with Gasteiger partial charge in [0.1, 0.15) is 0 Å². The fourth-order valence-electron chi connectivity index (χ4n) is 1.76. The first-order chi connectivity index (χ1) is 5.52. The Hall–Kier alpha value is -0.570. The molecule has 1 amide bonds. The minimum atomic E-state index is -0.165. The highest BCUT2D eigenvalue weighted by Crippen LogP contribution is 2.33. The molecule has 3 nitrogen and oxygen atoms in total. The quantitative estimate of drug-likeness (QED) is 0.659.